The first kappa shape index (κ1) is 14.3. The van der Waals surface area contributed by atoms with Crippen LogP contribution in [0.15, 0.2) is 36.4 Å². The zero-order valence-corrected chi connectivity index (χ0v) is 12.5. The molecule has 0 aliphatic rings. The Hall–Kier alpha value is -1.09. The number of nitrogens with one attached hydrogen (secondary N) is 1. The number of methoxy groups -OCH3 is 1. The van der Waals surface area contributed by atoms with Gasteiger partial charge in [0.1, 0.15) is 5.75 Å². The Morgan fingerprint density at radius 1 is 1.00 bits per heavy atom. The van der Waals surface area contributed by atoms with E-state index in [0.29, 0.717) is 21.6 Å². The van der Waals surface area contributed by atoms with Crippen molar-refractivity contribution in [3.8, 4) is 5.75 Å². The van der Waals surface area contributed by atoms with Crippen molar-refractivity contribution in [1.29, 1.82) is 0 Å². The van der Waals surface area contributed by atoms with E-state index in [-0.39, 0.29) is 0 Å². The van der Waals surface area contributed by atoms with E-state index in [1.165, 1.54) is 0 Å². The third kappa shape index (κ3) is 3.47. The van der Waals surface area contributed by atoms with E-state index < -0.39 is 0 Å². The van der Waals surface area contributed by atoms with Gasteiger partial charge in [-0.15, -0.1) is 0 Å². The molecule has 0 radical (unpaired) electrons. The van der Waals surface area contributed by atoms with Crippen LogP contribution >= 0.6 is 34.8 Å². The maximum atomic E-state index is 6.10. The van der Waals surface area contributed by atoms with Gasteiger partial charge in [-0.1, -0.05) is 53.0 Å². The first-order valence-electron chi connectivity index (χ1n) is 5.62. The van der Waals surface area contributed by atoms with Crippen LogP contribution in [0, 0.1) is 0 Å². The van der Waals surface area contributed by atoms with E-state index in [0.717, 1.165) is 17.0 Å². The minimum atomic E-state index is 0.439. The summed E-state index contributed by atoms with van der Waals surface area (Å²) < 4.78 is 5.29. The van der Waals surface area contributed by atoms with Gasteiger partial charge in [-0.25, -0.2) is 0 Å². The van der Waals surface area contributed by atoms with Crippen molar-refractivity contribution in [3.63, 3.8) is 0 Å². The van der Waals surface area contributed by atoms with E-state index in [2.05, 4.69) is 5.32 Å². The molecule has 2 nitrogen and oxygen atoms in total. The molecule has 0 aliphatic carbocycles. The molecule has 0 amide bonds. The molecule has 2 aromatic rings. The van der Waals surface area contributed by atoms with E-state index in [1.807, 2.05) is 24.3 Å². The van der Waals surface area contributed by atoms with Crippen molar-refractivity contribution in [2.24, 2.45) is 0 Å². The third-order valence-corrected chi connectivity index (χ3v) is 3.71. The molecule has 0 fully saturated rings. The number of benzene rings is 2. The van der Waals surface area contributed by atoms with Crippen molar-refractivity contribution in [2.45, 2.75) is 6.54 Å². The zero-order chi connectivity index (χ0) is 13.8. The summed E-state index contributed by atoms with van der Waals surface area (Å²) in [5.41, 5.74) is 1.77. The summed E-state index contributed by atoms with van der Waals surface area (Å²) in [6.07, 6.45) is 0. The van der Waals surface area contributed by atoms with Crippen molar-refractivity contribution >= 4 is 40.5 Å². The molecule has 0 aromatic heterocycles. The average Bonchev–Trinajstić information content (AvgIpc) is 2.41. The van der Waals surface area contributed by atoms with Gasteiger partial charge in [0, 0.05) is 12.1 Å². The van der Waals surface area contributed by atoms with E-state index in [9.17, 15) is 0 Å². The first-order valence-corrected chi connectivity index (χ1v) is 6.75. The smallest absolute Gasteiger partial charge is 0.123 e. The van der Waals surface area contributed by atoms with Crippen LogP contribution < -0.4 is 10.1 Å². The maximum absolute atomic E-state index is 6.10. The summed E-state index contributed by atoms with van der Waals surface area (Å²) in [7, 11) is 1.64. The van der Waals surface area contributed by atoms with Crippen LogP contribution in [0.1, 0.15) is 5.56 Å². The molecule has 0 saturated heterocycles. The van der Waals surface area contributed by atoms with E-state index in [1.54, 1.807) is 19.2 Å². The summed E-state index contributed by atoms with van der Waals surface area (Å²) in [4.78, 5) is 0. The van der Waals surface area contributed by atoms with Gasteiger partial charge in [0.05, 0.1) is 27.9 Å². The molecule has 0 saturated carbocycles. The number of para-hydroxylation sites is 1. The van der Waals surface area contributed by atoms with Gasteiger partial charge in [0.2, 0.25) is 0 Å². The van der Waals surface area contributed by atoms with Crippen molar-refractivity contribution in [3.05, 3.63) is 57.0 Å². The van der Waals surface area contributed by atoms with Crippen molar-refractivity contribution in [1.82, 2.24) is 0 Å². The lowest BCUT2D eigenvalue weighted by atomic mass is 10.2. The van der Waals surface area contributed by atoms with Gasteiger partial charge in [-0.05, 0) is 18.2 Å². The van der Waals surface area contributed by atoms with Crippen molar-refractivity contribution < 1.29 is 4.74 Å². The highest BCUT2D eigenvalue weighted by molar-refractivity contribution is 6.44. The number of hydrogen-bond acceptors (Lipinski definition) is 2. The number of anilines is 1. The Morgan fingerprint density at radius 3 is 2.42 bits per heavy atom. The van der Waals surface area contributed by atoms with Crippen molar-refractivity contribution in [2.75, 3.05) is 12.4 Å². The molecule has 0 unspecified atom stereocenters. The predicted octanol–water partition coefficient (Wildman–Crippen LogP) is 5.27. The number of halogens is 3. The van der Waals surface area contributed by atoms with Gasteiger partial charge in [-0.3, -0.25) is 0 Å². The number of rotatable bonds is 4. The second kappa shape index (κ2) is 6.38. The molecule has 0 bridgehead atoms. The predicted molar refractivity (Wildman–Crippen MR) is 81.8 cm³/mol. The summed E-state index contributed by atoms with van der Waals surface area (Å²) in [5, 5.41) is 4.65. The monoisotopic (exact) mass is 315 g/mol. The maximum Gasteiger partial charge on any atom is 0.123 e. The summed E-state index contributed by atoms with van der Waals surface area (Å²) >= 11 is 18.0. The SMILES string of the molecule is COc1ccccc1CNc1cc(Cl)c(Cl)cc1Cl. The molecule has 2 rings (SSSR count). The van der Waals surface area contributed by atoms with Crippen LogP contribution in [0.5, 0.6) is 5.75 Å². The standard InChI is InChI=1S/C14H12Cl3NO/c1-19-14-5-3-2-4-9(14)8-18-13-7-11(16)10(15)6-12(13)17/h2-7,18H,8H2,1H3. The highest BCUT2D eigenvalue weighted by Gasteiger charge is 2.07. The van der Waals surface area contributed by atoms with Gasteiger partial charge in [0.15, 0.2) is 0 Å². The molecular weight excluding hydrogens is 305 g/mol. The Morgan fingerprint density at radius 2 is 1.68 bits per heavy atom. The molecular formula is C14H12Cl3NO. The minimum absolute atomic E-state index is 0.439. The van der Waals surface area contributed by atoms with Crippen LogP contribution in [0.3, 0.4) is 0 Å². The van der Waals surface area contributed by atoms with Crippen LogP contribution in [0.4, 0.5) is 5.69 Å². The average molecular weight is 317 g/mol. The second-order valence-electron chi connectivity index (χ2n) is 3.91. The number of ether oxygens (including phenoxy) is 1. The largest absolute Gasteiger partial charge is 0.496 e. The molecule has 2 aromatic carbocycles. The van der Waals surface area contributed by atoms with Gasteiger partial charge in [0.25, 0.3) is 0 Å². The molecule has 19 heavy (non-hydrogen) atoms. The highest BCUT2D eigenvalue weighted by atomic mass is 35.5. The quantitative estimate of drug-likeness (QED) is 0.776. The summed E-state index contributed by atoms with van der Waals surface area (Å²) in [6, 6.07) is 11.1. The molecule has 0 heterocycles. The highest BCUT2D eigenvalue weighted by Crippen LogP contribution is 2.32. The fraction of sp³-hybridized carbons (Fsp3) is 0.143. The lowest BCUT2D eigenvalue weighted by molar-refractivity contribution is 0.410. The van der Waals surface area contributed by atoms with Crippen LogP contribution in [-0.2, 0) is 6.54 Å². The van der Waals surface area contributed by atoms with Gasteiger partial charge < -0.3 is 10.1 Å². The Balaban J connectivity index is 2.17. The Bertz CT molecular complexity index is 587. The van der Waals surface area contributed by atoms with E-state index in [4.69, 9.17) is 39.5 Å². The molecule has 5 heteroatoms. The lowest BCUT2D eigenvalue weighted by Gasteiger charge is -2.12. The minimum Gasteiger partial charge on any atom is -0.496 e. The summed E-state index contributed by atoms with van der Waals surface area (Å²) in [5.74, 6) is 0.825. The fourth-order valence-corrected chi connectivity index (χ4v) is 2.31. The molecule has 1 N–H and O–H groups in total. The first-order chi connectivity index (χ1) is 9.11. The van der Waals surface area contributed by atoms with Gasteiger partial charge >= 0.3 is 0 Å². The fourth-order valence-electron chi connectivity index (χ4n) is 1.70. The van der Waals surface area contributed by atoms with Crippen LogP contribution in [0.25, 0.3) is 0 Å². The van der Waals surface area contributed by atoms with Crippen LogP contribution in [0.2, 0.25) is 15.1 Å². The lowest BCUT2D eigenvalue weighted by Crippen LogP contribution is -2.02. The normalized spacial score (nSPS) is 10.3. The van der Waals surface area contributed by atoms with Gasteiger partial charge in [-0.2, -0.15) is 0 Å². The topological polar surface area (TPSA) is 21.3 Å². The molecule has 0 atom stereocenters. The Kier molecular flexibility index (Phi) is 4.81. The molecule has 0 aliphatic heterocycles. The zero-order valence-electron chi connectivity index (χ0n) is 10.2. The third-order valence-electron chi connectivity index (χ3n) is 2.67. The second-order valence-corrected chi connectivity index (χ2v) is 5.13. The van der Waals surface area contributed by atoms with E-state index >= 15 is 0 Å². The van der Waals surface area contributed by atoms with Crippen LogP contribution in [-0.4, -0.2) is 7.11 Å². The number of hydrogen-bond donors (Lipinski definition) is 1. The Labute approximate surface area is 127 Å². The molecule has 100 valence electrons. The summed E-state index contributed by atoms with van der Waals surface area (Å²) in [6.45, 7) is 0.585. The molecule has 0 spiro atoms.